The number of carbonyl (C=O) groups is 2. The van der Waals surface area contributed by atoms with E-state index in [9.17, 15) is 9.59 Å². The molecule has 6 nitrogen and oxygen atoms in total. The van der Waals surface area contributed by atoms with E-state index in [4.69, 9.17) is 10.8 Å². The summed E-state index contributed by atoms with van der Waals surface area (Å²) in [6.45, 7) is 0. The number of carboxylic acid groups (broad SMARTS) is 1. The number of hydrogen-bond donors (Lipinski definition) is 3. The Bertz CT molecular complexity index is 460. The normalized spacial score (nSPS) is 23.6. The summed E-state index contributed by atoms with van der Waals surface area (Å²) in [5.74, 6) is -1.46. The zero-order valence-corrected chi connectivity index (χ0v) is 10.6. The Balaban J connectivity index is 2.00. The molecule has 4 N–H and O–H groups in total. The Labute approximate surface area is 108 Å². The molecule has 0 spiro atoms. The Morgan fingerprint density at radius 2 is 2.17 bits per heavy atom. The molecule has 1 aliphatic carbocycles. The zero-order chi connectivity index (χ0) is 13.1. The third-order valence-corrected chi connectivity index (χ3v) is 3.89. The van der Waals surface area contributed by atoms with Gasteiger partial charge >= 0.3 is 5.97 Å². The molecule has 2 rings (SSSR count). The van der Waals surface area contributed by atoms with Crippen LogP contribution in [0, 0.1) is 0 Å². The molecule has 0 aliphatic heterocycles. The van der Waals surface area contributed by atoms with Gasteiger partial charge in [0.25, 0.3) is 5.91 Å². The smallest absolute Gasteiger partial charge is 0.355 e. The van der Waals surface area contributed by atoms with E-state index in [1.54, 1.807) is 0 Å². The van der Waals surface area contributed by atoms with Crippen LogP contribution in [-0.2, 0) is 0 Å². The molecular weight excluding hydrogens is 254 g/mol. The third-order valence-electron chi connectivity index (χ3n) is 3.05. The molecule has 2 unspecified atom stereocenters. The van der Waals surface area contributed by atoms with Crippen molar-refractivity contribution in [2.24, 2.45) is 5.73 Å². The van der Waals surface area contributed by atoms with E-state index in [1.165, 1.54) is 5.38 Å². The summed E-state index contributed by atoms with van der Waals surface area (Å²) < 4.78 is 0. The lowest BCUT2D eigenvalue weighted by Gasteiger charge is -2.28. The van der Waals surface area contributed by atoms with E-state index >= 15 is 0 Å². The predicted molar refractivity (Wildman–Crippen MR) is 66.8 cm³/mol. The maximum atomic E-state index is 11.9. The maximum absolute atomic E-state index is 11.9. The van der Waals surface area contributed by atoms with Gasteiger partial charge in [-0.3, -0.25) is 4.79 Å². The quantitative estimate of drug-likeness (QED) is 0.754. The second-order valence-corrected chi connectivity index (χ2v) is 5.23. The molecule has 1 fully saturated rings. The van der Waals surface area contributed by atoms with Crippen LogP contribution < -0.4 is 11.1 Å². The molecule has 7 heteroatoms. The molecule has 1 aromatic rings. The standard InChI is InChI=1S/C11H15N3O3S/c12-6-3-1-2-4-7(6)13-9(15)10-14-8(5-18-10)11(16)17/h5-7H,1-4,12H2,(H,13,15)(H,16,17). The zero-order valence-electron chi connectivity index (χ0n) is 9.76. The average Bonchev–Trinajstić information content (AvgIpc) is 2.81. The van der Waals surface area contributed by atoms with Crippen molar-refractivity contribution in [1.29, 1.82) is 0 Å². The van der Waals surface area contributed by atoms with E-state index < -0.39 is 5.97 Å². The van der Waals surface area contributed by atoms with E-state index in [-0.39, 0.29) is 28.7 Å². The fraction of sp³-hybridized carbons (Fsp3) is 0.545. The summed E-state index contributed by atoms with van der Waals surface area (Å²) >= 11 is 1.03. The van der Waals surface area contributed by atoms with Crippen molar-refractivity contribution in [3.63, 3.8) is 0 Å². The van der Waals surface area contributed by atoms with Gasteiger partial charge in [0.1, 0.15) is 0 Å². The summed E-state index contributed by atoms with van der Waals surface area (Å²) in [5, 5.41) is 13.1. The van der Waals surface area contributed by atoms with Gasteiger partial charge in [-0.05, 0) is 12.8 Å². The number of aromatic nitrogens is 1. The first kappa shape index (κ1) is 13.0. The lowest BCUT2D eigenvalue weighted by molar-refractivity contribution is 0.0691. The molecule has 0 radical (unpaired) electrons. The van der Waals surface area contributed by atoms with Crippen LogP contribution in [0.3, 0.4) is 0 Å². The third kappa shape index (κ3) is 2.85. The highest BCUT2D eigenvalue weighted by molar-refractivity contribution is 7.11. The second-order valence-electron chi connectivity index (χ2n) is 4.37. The van der Waals surface area contributed by atoms with Crippen molar-refractivity contribution >= 4 is 23.2 Å². The van der Waals surface area contributed by atoms with Crippen molar-refractivity contribution in [1.82, 2.24) is 10.3 Å². The lowest BCUT2D eigenvalue weighted by atomic mass is 9.91. The molecule has 0 saturated heterocycles. The number of rotatable bonds is 3. The van der Waals surface area contributed by atoms with Gasteiger partial charge in [-0.25, -0.2) is 9.78 Å². The highest BCUT2D eigenvalue weighted by Gasteiger charge is 2.25. The molecule has 18 heavy (non-hydrogen) atoms. The van der Waals surface area contributed by atoms with Gasteiger partial charge in [-0.1, -0.05) is 12.8 Å². The molecule has 98 valence electrons. The number of nitrogens with zero attached hydrogens (tertiary/aromatic N) is 1. The Hall–Kier alpha value is -1.47. The molecule has 2 atom stereocenters. The SMILES string of the molecule is NC1CCCCC1NC(=O)c1nc(C(=O)O)cs1. The number of nitrogens with one attached hydrogen (secondary N) is 1. The minimum Gasteiger partial charge on any atom is -0.476 e. The van der Waals surface area contributed by atoms with Crippen LogP contribution in [0.15, 0.2) is 5.38 Å². The van der Waals surface area contributed by atoms with Crippen molar-refractivity contribution in [2.75, 3.05) is 0 Å². The molecule has 0 bridgehead atoms. The fourth-order valence-electron chi connectivity index (χ4n) is 2.05. The van der Waals surface area contributed by atoms with E-state index in [1.807, 2.05) is 0 Å². The number of hydrogen-bond acceptors (Lipinski definition) is 5. The first-order valence-electron chi connectivity index (χ1n) is 5.83. The first-order chi connectivity index (χ1) is 8.58. The molecule has 1 aliphatic rings. The van der Waals surface area contributed by atoms with Crippen LogP contribution in [0.4, 0.5) is 0 Å². The molecular formula is C11H15N3O3S. The minimum atomic E-state index is -1.13. The Kier molecular flexibility index (Phi) is 3.93. The molecule has 1 amide bonds. The number of aromatic carboxylic acids is 1. The summed E-state index contributed by atoms with van der Waals surface area (Å²) in [5.41, 5.74) is 5.83. The maximum Gasteiger partial charge on any atom is 0.355 e. The van der Waals surface area contributed by atoms with Crippen LogP contribution in [0.1, 0.15) is 46.0 Å². The number of carboxylic acids is 1. The van der Waals surface area contributed by atoms with Gasteiger partial charge in [-0.15, -0.1) is 11.3 Å². The average molecular weight is 269 g/mol. The van der Waals surface area contributed by atoms with Gasteiger partial charge in [0.15, 0.2) is 10.7 Å². The molecule has 1 saturated carbocycles. The first-order valence-corrected chi connectivity index (χ1v) is 6.71. The monoisotopic (exact) mass is 269 g/mol. The van der Waals surface area contributed by atoms with Crippen molar-refractivity contribution in [3.05, 3.63) is 16.1 Å². The Morgan fingerprint density at radius 1 is 1.44 bits per heavy atom. The number of thiazole rings is 1. The van der Waals surface area contributed by atoms with Crippen molar-refractivity contribution < 1.29 is 14.7 Å². The van der Waals surface area contributed by atoms with E-state index in [2.05, 4.69) is 10.3 Å². The summed E-state index contributed by atoms with van der Waals surface area (Å²) in [4.78, 5) is 26.3. The van der Waals surface area contributed by atoms with Crippen LogP contribution in [0.2, 0.25) is 0 Å². The Morgan fingerprint density at radius 3 is 2.78 bits per heavy atom. The molecule has 0 aromatic carbocycles. The topological polar surface area (TPSA) is 105 Å². The largest absolute Gasteiger partial charge is 0.476 e. The summed E-state index contributed by atoms with van der Waals surface area (Å²) in [7, 11) is 0. The number of nitrogens with two attached hydrogens (primary N) is 1. The van der Waals surface area contributed by atoms with E-state index in [0.29, 0.717) is 0 Å². The highest BCUT2D eigenvalue weighted by Crippen LogP contribution is 2.18. The number of carbonyl (C=O) groups excluding carboxylic acids is 1. The van der Waals surface area contributed by atoms with Crippen molar-refractivity contribution in [3.8, 4) is 0 Å². The van der Waals surface area contributed by atoms with Crippen LogP contribution in [0.5, 0.6) is 0 Å². The van der Waals surface area contributed by atoms with Gasteiger partial charge in [0, 0.05) is 17.5 Å². The molecule has 1 heterocycles. The highest BCUT2D eigenvalue weighted by atomic mass is 32.1. The number of amides is 1. The summed E-state index contributed by atoms with van der Waals surface area (Å²) in [6, 6.07) is -0.0648. The lowest BCUT2D eigenvalue weighted by Crippen LogP contribution is -2.49. The van der Waals surface area contributed by atoms with Crippen molar-refractivity contribution in [2.45, 2.75) is 37.8 Å². The molecule has 1 aromatic heterocycles. The minimum absolute atomic E-state index is 0.0263. The van der Waals surface area contributed by atoms with Gasteiger partial charge in [-0.2, -0.15) is 0 Å². The van der Waals surface area contributed by atoms with Gasteiger partial charge in [0.05, 0.1) is 0 Å². The van der Waals surface area contributed by atoms with E-state index in [0.717, 1.165) is 37.0 Å². The predicted octanol–water partition coefficient (Wildman–Crippen LogP) is 0.841. The summed E-state index contributed by atoms with van der Waals surface area (Å²) in [6.07, 6.45) is 3.91. The van der Waals surface area contributed by atoms with Gasteiger partial charge in [0.2, 0.25) is 0 Å². The van der Waals surface area contributed by atoms with Crippen LogP contribution in [0.25, 0.3) is 0 Å². The fourth-order valence-corrected chi connectivity index (χ4v) is 2.74. The van der Waals surface area contributed by atoms with Gasteiger partial charge < -0.3 is 16.2 Å². The van der Waals surface area contributed by atoms with Crippen LogP contribution in [-0.4, -0.2) is 34.1 Å². The van der Waals surface area contributed by atoms with Crippen LogP contribution >= 0.6 is 11.3 Å². The second kappa shape index (κ2) is 5.45.